The van der Waals surface area contributed by atoms with Gasteiger partial charge in [0.2, 0.25) is 23.2 Å². The molecule has 1 unspecified atom stereocenters. The molecule has 2 heterocycles. The highest BCUT2D eigenvalue weighted by Crippen LogP contribution is 2.43. The van der Waals surface area contributed by atoms with E-state index in [0.29, 0.717) is 16.7 Å². The summed E-state index contributed by atoms with van der Waals surface area (Å²) in [6, 6.07) is 15.6. The molecule has 3 aromatic rings. The first-order valence-corrected chi connectivity index (χ1v) is 10.1. The standard InChI is InChI=1S/C21H20N4O2S/c1-4-28-21-22-19-18(23-24-21)16-12-13(2)10-11-17(16)25(14(3)26)20(27-19)15-8-6-5-7-9-15/h5-12,20H,4H2,1-3H3. The van der Waals surface area contributed by atoms with Crippen LogP contribution in [0.1, 0.15) is 31.2 Å². The minimum Gasteiger partial charge on any atom is -0.447 e. The summed E-state index contributed by atoms with van der Waals surface area (Å²) in [5.74, 6) is 1.09. The van der Waals surface area contributed by atoms with Crippen LogP contribution in [0.4, 0.5) is 5.69 Å². The summed E-state index contributed by atoms with van der Waals surface area (Å²) in [5.41, 5.74) is 3.98. The molecule has 4 rings (SSSR count). The van der Waals surface area contributed by atoms with E-state index in [4.69, 9.17) is 4.74 Å². The van der Waals surface area contributed by atoms with Crippen LogP contribution < -0.4 is 9.64 Å². The van der Waals surface area contributed by atoms with E-state index in [9.17, 15) is 4.79 Å². The van der Waals surface area contributed by atoms with Gasteiger partial charge in [0.25, 0.3) is 0 Å². The third kappa shape index (κ3) is 3.33. The number of carbonyl (C=O) groups is 1. The number of hydrogen-bond acceptors (Lipinski definition) is 6. The maximum atomic E-state index is 12.7. The monoisotopic (exact) mass is 392 g/mol. The number of carbonyl (C=O) groups excluding carboxylic acids is 1. The van der Waals surface area contributed by atoms with Gasteiger partial charge in [-0.05, 0) is 24.8 Å². The Morgan fingerprint density at radius 1 is 1.18 bits per heavy atom. The minimum absolute atomic E-state index is 0.122. The van der Waals surface area contributed by atoms with Crippen molar-refractivity contribution >= 4 is 23.4 Å². The third-order valence-electron chi connectivity index (χ3n) is 4.46. The van der Waals surface area contributed by atoms with E-state index < -0.39 is 6.23 Å². The predicted octanol–water partition coefficient (Wildman–Crippen LogP) is 4.40. The third-order valence-corrected chi connectivity index (χ3v) is 5.18. The van der Waals surface area contributed by atoms with Crippen LogP contribution in [0.15, 0.2) is 53.7 Å². The zero-order valence-corrected chi connectivity index (χ0v) is 16.7. The number of aryl methyl sites for hydroxylation is 1. The van der Waals surface area contributed by atoms with E-state index in [0.717, 1.165) is 28.1 Å². The van der Waals surface area contributed by atoms with Gasteiger partial charge in [0, 0.05) is 18.1 Å². The maximum absolute atomic E-state index is 12.7. The van der Waals surface area contributed by atoms with Gasteiger partial charge in [-0.25, -0.2) is 0 Å². The highest BCUT2D eigenvalue weighted by Gasteiger charge is 2.34. The molecule has 142 valence electrons. The zero-order chi connectivity index (χ0) is 19.7. The van der Waals surface area contributed by atoms with Crippen LogP contribution in [0.5, 0.6) is 5.88 Å². The average molecular weight is 392 g/mol. The van der Waals surface area contributed by atoms with Crippen LogP contribution in [0.25, 0.3) is 11.3 Å². The normalized spacial score (nSPS) is 15.2. The van der Waals surface area contributed by atoms with Gasteiger partial charge in [0.1, 0.15) is 0 Å². The van der Waals surface area contributed by atoms with Gasteiger partial charge in [-0.15, -0.1) is 10.2 Å². The Morgan fingerprint density at radius 3 is 2.68 bits per heavy atom. The lowest BCUT2D eigenvalue weighted by Gasteiger charge is -2.30. The summed E-state index contributed by atoms with van der Waals surface area (Å²) >= 11 is 1.50. The number of ether oxygens (including phenoxy) is 1. The van der Waals surface area contributed by atoms with Gasteiger partial charge >= 0.3 is 0 Å². The Labute approximate surface area is 168 Å². The second-order valence-corrected chi connectivity index (χ2v) is 7.70. The fraction of sp³-hybridized carbons (Fsp3) is 0.238. The first-order valence-electron chi connectivity index (χ1n) is 9.08. The van der Waals surface area contributed by atoms with E-state index in [1.165, 1.54) is 18.7 Å². The molecule has 28 heavy (non-hydrogen) atoms. The molecule has 0 saturated carbocycles. The topological polar surface area (TPSA) is 68.2 Å². The van der Waals surface area contributed by atoms with Crippen molar-refractivity contribution in [1.29, 1.82) is 0 Å². The van der Waals surface area contributed by atoms with Crippen LogP contribution in [-0.2, 0) is 4.79 Å². The summed E-state index contributed by atoms with van der Waals surface area (Å²) in [4.78, 5) is 18.9. The summed E-state index contributed by atoms with van der Waals surface area (Å²) in [6.45, 7) is 5.57. The lowest BCUT2D eigenvalue weighted by molar-refractivity contribution is -0.118. The molecule has 0 N–H and O–H groups in total. The number of amides is 1. The molecule has 1 aliphatic heterocycles. The largest absolute Gasteiger partial charge is 0.447 e. The number of hydrogen-bond donors (Lipinski definition) is 0. The Kier molecular flexibility index (Phi) is 5.00. The van der Waals surface area contributed by atoms with E-state index in [1.54, 1.807) is 4.90 Å². The second kappa shape index (κ2) is 7.59. The number of aromatic nitrogens is 3. The molecule has 0 bridgehead atoms. The quantitative estimate of drug-likeness (QED) is 0.615. The van der Waals surface area contributed by atoms with Crippen LogP contribution in [0, 0.1) is 6.92 Å². The van der Waals surface area contributed by atoms with E-state index in [1.807, 2.05) is 62.4 Å². The van der Waals surface area contributed by atoms with Crippen molar-refractivity contribution in [3.05, 3.63) is 59.7 Å². The molecule has 1 atom stereocenters. The van der Waals surface area contributed by atoms with Gasteiger partial charge < -0.3 is 4.74 Å². The molecule has 1 aliphatic rings. The first-order chi connectivity index (χ1) is 13.6. The maximum Gasteiger partial charge on any atom is 0.247 e. The second-order valence-electron chi connectivity index (χ2n) is 6.47. The molecule has 0 radical (unpaired) electrons. The number of fused-ring (bicyclic) bond motifs is 3. The van der Waals surface area contributed by atoms with Crippen molar-refractivity contribution in [2.75, 3.05) is 10.7 Å². The summed E-state index contributed by atoms with van der Waals surface area (Å²) in [7, 11) is 0. The number of thioether (sulfide) groups is 1. The highest BCUT2D eigenvalue weighted by atomic mass is 32.2. The summed E-state index contributed by atoms with van der Waals surface area (Å²) in [5, 5.41) is 9.20. The molecule has 0 fully saturated rings. The lowest BCUT2D eigenvalue weighted by Crippen LogP contribution is -2.36. The lowest BCUT2D eigenvalue weighted by atomic mass is 10.0. The molecule has 2 aromatic carbocycles. The number of benzene rings is 2. The number of anilines is 1. The molecule has 0 saturated heterocycles. The number of rotatable bonds is 3. The molecule has 0 aliphatic carbocycles. The Hall–Kier alpha value is -2.93. The van der Waals surface area contributed by atoms with Crippen molar-refractivity contribution in [2.45, 2.75) is 32.2 Å². The number of nitrogens with zero attached hydrogens (tertiary/aromatic N) is 4. The summed E-state index contributed by atoms with van der Waals surface area (Å²) in [6.07, 6.45) is -0.641. The molecular formula is C21H20N4O2S. The van der Waals surface area contributed by atoms with Crippen molar-refractivity contribution in [3.63, 3.8) is 0 Å². The Morgan fingerprint density at radius 2 is 1.96 bits per heavy atom. The molecule has 7 heteroatoms. The Bertz CT molecular complexity index is 1030. The van der Waals surface area contributed by atoms with Crippen molar-refractivity contribution in [3.8, 4) is 17.1 Å². The van der Waals surface area contributed by atoms with Crippen LogP contribution in [0.3, 0.4) is 0 Å². The van der Waals surface area contributed by atoms with Crippen molar-refractivity contribution in [2.24, 2.45) is 0 Å². The molecular weight excluding hydrogens is 372 g/mol. The SMILES string of the molecule is CCSc1nnc2c(n1)OC(c1ccccc1)N(C(C)=O)c1ccc(C)cc1-2. The van der Waals surface area contributed by atoms with Crippen molar-refractivity contribution in [1.82, 2.24) is 15.2 Å². The average Bonchev–Trinajstić information content (AvgIpc) is 2.83. The zero-order valence-electron chi connectivity index (χ0n) is 15.9. The smallest absolute Gasteiger partial charge is 0.247 e. The molecule has 0 spiro atoms. The fourth-order valence-electron chi connectivity index (χ4n) is 3.24. The van der Waals surface area contributed by atoms with E-state index in [2.05, 4.69) is 15.2 Å². The minimum atomic E-state index is -0.641. The van der Waals surface area contributed by atoms with E-state index in [-0.39, 0.29) is 5.91 Å². The van der Waals surface area contributed by atoms with Gasteiger partial charge in [-0.2, -0.15) is 4.98 Å². The first kappa shape index (κ1) is 18.4. The van der Waals surface area contributed by atoms with Crippen molar-refractivity contribution < 1.29 is 9.53 Å². The van der Waals surface area contributed by atoms with Gasteiger partial charge in [0.05, 0.1) is 5.69 Å². The molecule has 6 nitrogen and oxygen atoms in total. The Balaban J connectivity index is 1.97. The van der Waals surface area contributed by atoms with Crippen LogP contribution >= 0.6 is 11.8 Å². The molecule has 1 aromatic heterocycles. The van der Waals surface area contributed by atoms with E-state index >= 15 is 0 Å². The van der Waals surface area contributed by atoms with Gasteiger partial charge in [-0.1, -0.05) is 60.6 Å². The fourth-order valence-corrected chi connectivity index (χ4v) is 3.75. The highest BCUT2D eigenvalue weighted by molar-refractivity contribution is 7.99. The van der Waals surface area contributed by atoms with Crippen LogP contribution in [-0.4, -0.2) is 26.8 Å². The molecule has 1 amide bonds. The predicted molar refractivity (Wildman–Crippen MR) is 109 cm³/mol. The van der Waals surface area contributed by atoms with Gasteiger partial charge in [0.15, 0.2) is 5.69 Å². The summed E-state index contributed by atoms with van der Waals surface area (Å²) < 4.78 is 6.30. The van der Waals surface area contributed by atoms with Crippen LogP contribution in [0.2, 0.25) is 0 Å². The van der Waals surface area contributed by atoms with Gasteiger partial charge in [-0.3, -0.25) is 9.69 Å².